The molecule has 2 rings (SSSR count). The summed E-state index contributed by atoms with van der Waals surface area (Å²) in [5.74, 6) is 0. The van der Waals surface area contributed by atoms with Gasteiger partial charge in [-0.2, -0.15) is 0 Å². The SMILES string of the molecule is Cc1cccc(C=C2CCN(C(=O)N(C)C)CC2)n1. The van der Waals surface area contributed by atoms with Gasteiger partial charge in [-0.25, -0.2) is 4.79 Å². The first kappa shape index (κ1) is 13.6. The molecule has 1 aliphatic heterocycles. The Balaban J connectivity index is 1.98. The highest BCUT2D eigenvalue weighted by molar-refractivity contribution is 5.74. The first-order chi connectivity index (χ1) is 9.06. The molecule has 0 aromatic carbocycles. The third-order valence-corrected chi connectivity index (χ3v) is 3.32. The van der Waals surface area contributed by atoms with Crippen LogP contribution in [0.5, 0.6) is 0 Å². The van der Waals surface area contributed by atoms with Crippen molar-refractivity contribution in [2.75, 3.05) is 27.2 Å². The second kappa shape index (κ2) is 5.87. The van der Waals surface area contributed by atoms with Crippen LogP contribution < -0.4 is 0 Å². The van der Waals surface area contributed by atoms with Gasteiger partial charge in [-0.05, 0) is 38.0 Å². The van der Waals surface area contributed by atoms with Crippen LogP contribution in [-0.2, 0) is 0 Å². The van der Waals surface area contributed by atoms with E-state index in [1.54, 1.807) is 19.0 Å². The summed E-state index contributed by atoms with van der Waals surface area (Å²) in [6.45, 7) is 3.60. The number of likely N-dealkylation sites (tertiary alicyclic amines) is 1. The van der Waals surface area contributed by atoms with E-state index in [4.69, 9.17) is 0 Å². The molecule has 2 heterocycles. The van der Waals surface area contributed by atoms with Crippen molar-refractivity contribution in [2.45, 2.75) is 19.8 Å². The van der Waals surface area contributed by atoms with E-state index in [1.807, 2.05) is 30.0 Å². The van der Waals surface area contributed by atoms with Gasteiger partial charge in [0.1, 0.15) is 0 Å². The third kappa shape index (κ3) is 3.56. The molecule has 1 aromatic heterocycles. The van der Waals surface area contributed by atoms with Crippen molar-refractivity contribution >= 4 is 12.1 Å². The fourth-order valence-corrected chi connectivity index (χ4v) is 2.27. The van der Waals surface area contributed by atoms with Crippen LogP contribution in [0.2, 0.25) is 0 Å². The number of piperidine rings is 1. The van der Waals surface area contributed by atoms with E-state index < -0.39 is 0 Å². The van der Waals surface area contributed by atoms with E-state index >= 15 is 0 Å². The van der Waals surface area contributed by atoms with Crippen LogP contribution in [0.15, 0.2) is 23.8 Å². The van der Waals surface area contributed by atoms with E-state index in [1.165, 1.54) is 5.57 Å². The van der Waals surface area contributed by atoms with Crippen LogP contribution in [0.1, 0.15) is 24.2 Å². The van der Waals surface area contributed by atoms with Gasteiger partial charge in [-0.15, -0.1) is 0 Å². The zero-order valence-electron chi connectivity index (χ0n) is 11.9. The normalized spacial score (nSPS) is 15.3. The molecule has 1 aromatic rings. The van der Waals surface area contributed by atoms with E-state index in [0.29, 0.717) is 0 Å². The van der Waals surface area contributed by atoms with Crippen molar-refractivity contribution in [3.05, 3.63) is 35.2 Å². The van der Waals surface area contributed by atoms with Crippen LogP contribution in [-0.4, -0.2) is 48.0 Å². The van der Waals surface area contributed by atoms with Crippen LogP contribution in [0.25, 0.3) is 6.08 Å². The zero-order valence-corrected chi connectivity index (χ0v) is 11.9. The maximum absolute atomic E-state index is 11.8. The minimum absolute atomic E-state index is 0.104. The molecule has 1 fully saturated rings. The number of hydrogen-bond acceptors (Lipinski definition) is 2. The number of amides is 2. The lowest BCUT2D eigenvalue weighted by molar-refractivity contribution is 0.167. The van der Waals surface area contributed by atoms with E-state index in [2.05, 4.69) is 11.1 Å². The molecule has 0 saturated carbocycles. The molecule has 0 aliphatic carbocycles. The number of carbonyl (C=O) groups excluding carboxylic acids is 1. The average Bonchev–Trinajstić information content (AvgIpc) is 2.39. The summed E-state index contributed by atoms with van der Waals surface area (Å²) in [6.07, 6.45) is 4.04. The summed E-state index contributed by atoms with van der Waals surface area (Å²) < 4.78 is 0. The minimum atomic E-state index is 0.104. The summed E-state index contributed by atoms with van der Waals surface area (Å²) in [5.41, 5.74) is 3.43. The van der Waals surface area contributed by atoms with Crippen LogP contribution >= 0.6 is 0 Å². The van der Waals surface area contributed by atoms with E-state index in [0.717, 1.165) is 37.3 Å². The van der Waals surface area contributed by atoms with Crippen molar-refractivity contribution < 1.29 is 4.79 Å². The molecule has 0 radical (unpaired) electrons. The summed E-state index contributed by atoms with van der Waals surface area (Å²) in [5, 5.41) is 0. The van der Waals surface area contributed by atoms with Gasteiger partial charge in [0.05, 0.1) is 5.69 Å². The van der Waals surface area contributed by atoms with Crippen molar-refractivity contribution in [3.8, 4) is 0 Å². The molecule has 0 spiro atoms. The van der Waals surface area contributed by atoms with Gasteiger partial charge >= 0.3 is 6.03 Å². The number of nitrogens with zero attached hydrogens (tertiary/aromatic N) is 3. The maximum atomic E-state index is 11.8. The molecule has 0 unspecified atom stereocenters. The summed E-state index contributed by atoms with van der Waals surface area (Å²) in [6, 6.07) is 6.16. The summed E-state index contributed by atoms with van der Waals surface area (Å²) in [4.78, 5) is 19.9. The number of carbonyl (C=O) groups is 1. The van der Waals surface area contributed by atoms with E-state index in [9.17, 15) is 4.79 Å². The molecule has 1 saturated heterocycles. The third-order valence-electron chi connectivity index (χ3n) is 3.32. The highest BCUT2D eigenvalue weighted by Crippen LogP contribution is 2.19. The number of rotatable bonds is 1. The lowest BCUT2D eigenvalue weighted by Crippen LogP contribution is -2.42. The molecule has 4 heteroatoms. The van der Waals surface area contributed by atoms with Crippen LogP contribution in [0.4, 0.5) is 4.79 Å². The van der Waals surface area contributed by atoms with Crippen molar-refractivity contribution in [1.82, 2.24) is 14.8 Å². The Morgan fingerprint density at radius 1 is 1.32 bits per heavy atom. The number of aromatic nitrogens is 1. The standard InChI is InChI=1S/C15H21N3O/c1-12-5-4-6-14(16-12)11-13-7-9-18(10-8-13)15(19)17(2)3/h4-6,11H,7-10H2,1-3H3. The number of urea groups is 1. The molecule has 2 amide bonds. The van der Waals surface area contributed by atoms with Gasteiger partial charge in [0, 0.05) is 32.9 Å². The molecule has 19 heavy (non-hydrogen) atoms. The second-order valence-corrected chi connectivity index (χ2v) is 5.17. The van der Waals surface area contributed by atoms with E-state index in [-0.39, 0.29) is 6.03 Å². The Morgan fingerprint density at radius 3 is 2.58 bits per heavy atom. The lowest BCUT2D eigenvalue weighted by Gasteiger charge is -2.30. The predicted octanol–water partition coefficient (Wildman–Crippen LogP) is 2.55. The molecule has 4 nitrogen and oxygen atoms in total. The second-order valence-electron chi connectivity index (χ2n) is 5.17. The van der Waals surface area contributed by atoms with Gasteiger partial charge in [0.25, 0.3) is 0 Å². The molecule has 102 valence electrons. The van der Waals surface area contributed by atoms with Crippen LogP contribution in [0.3, 0.4) is 0 Å². The Bertz CT molecular complexity index is 484. The Labute approximate surface area is 114 Å². The quantitative estimate of drug-likeness (QED) is 0.777. The van der Waals surface area contributed by atoms with Crippen molar-refractivity contribution in [1.29, 1.82) is 0 Å². The smallest absolute Gasteiger partial charge is 0.319 e. The van der Waals surface area contributed by atoms with Gasteiger partial charge in [0.2, 0.25) is 0 Å². The van der Waals surface area contributed by atoms with Gasteiger partial charge in [0.15, 0.2) is 0 Å². The highest BCUT2D eigenvalue weighted by atomic mass is 16.2. The number of pyridine rings is 1. The Kier molecular flexibility index (Phi) is 4.20. The molecular formula is C15H21N3O. The topological polar surface area (TPSA) is 36.4 Å². The zero-order chi connectivity index (χ0) is 13.8. The fraction of sp³-hybridized carbons (Fsp3) is 0.467. The molecular weight excluding hydrogens is 238 g/mol. The van der Waals surface area contributed by atoms with Crippen molar-refractivity contribution in [3.63, 3.8) is 0 Å². The maximum Gasteiger partial charge on any atom is 0.319 e. The molecule has 0 N–H and O–H groups in total. The average molecular weight is 259 g/mol. The monoisotopic (exact) mass is 259 g/mol. The first-order valence-electron chi connectivity index (χ1n) is 6.65. The minimum Gasteiger partial charge on any atom is -0.331 e. The van der Waals surface area contributed by atoms with Crippen molar-refractivity contribution in [2.24, 2.45) is 0 Å². The lowest BCUT2D eigenvalue weighted by atomic mass is 10.0. The summed E-state index contributed by atoms with van der Waals surface area (Å²) in [7, 11) is 3.59. The predicted molar refractivity (Wildman–Crippen MR) is 76.8 cm³/mol. The van der Waals surface area contributed by atoms with Gasteiger partial charge in [-0.1, -0.05) is 11.6 Å². The number of aryl methyl sites for hydroxylation is 1. The molecule has 0 bridgehead atoms. The largest absolute Gasteiger partial charge is 0.331 e. The van der Waals surface area contributed by atoms with Gasteiger partial charge < -0.3 is 9.80 Å². The molecule has 0 atom stereocenters. The Hall–Kier alpha value is -1.84. The van der Waals surface area contributed by atoms with Gasteiger partial charge in [-0.3, -0.25) is 4.98 Å². The summed E-state index contributed by atoms with van der Waals surface area (Å²) >= 11 is 0. The first-order valence-corrected chi connectivity index (χ1v) is 6.65. The number of hydrogen-bond donors (Lipinski definition) is 0. The molecule has 1 aliphatic rings. The fourth-order valence-electron chi connectivity index (χ4n) is 2.27. The highest BCUT2D eigenvalue weighted by Gasteiger charge is 2.19. The Morgan fingerprint density at radius 2 is 2.00 bits per heavy atom. The van der Waals surface area contributed by atoms with Crippen LogP contribution in [0, 0.1) is 6.92 Å².